The van der Waals surface area contributed by atoms with E-state index in [9.17, 15) is 17.6 Å². The van der Waals surface area contributed by atoms with Crippen LogP contribution in [0.3, 0.4) is 0 Å². The molecule has 6 heteroatoms. The van der Waals surface area contributed by atoms with Crippen molar-refractivity contribution in [3.8, 4) is 0 Å². The maximum absolute atomic E-state index is 13.7. The number of rotatable bonds is 2. The maximum Gasteiger partial charge on any atom is 0.416 e. The minimum absolute atomic E-state index is 0.0493. The van der Waals surface area contributed by atoms with Crippen LogP contribution in [0.5, 0.6) is 0 Å². The molecule has 1 heterocycles. The topological polar surface area (TPSA) is 35.2 Å². The molecule has 2 nitrogen and oxygen atoms in total. The van der Waals surface area contributed by atoms with E-state index in [4.69, 9.17) is 10.5 Å². The number of hydrogen-bond donors (Lipinski definition) is 1. The third-order valence-corrected chi connectivity index (χ3v) is 3.46. The summed E-state index contributed by atoms with van der Waals surface area (Å²) in [6.07, 6.45) is -3.22. The molecule has 0 aromatic heterocycles. The monoisotopic (exact) mass is 277 g/mol. The summed E-state index contributed by atoms with van der Waals surface area (Å²) in [6.45, 7) is 1.03. The van der Waals surface area contributed by atoms with Crippen LogP contribution in [0.4, 0.5) is 17.6 Å². The van der Waals surface area contributed by atoms with Crippen LogP contribution in [0.1, 0.15) is 30.0 Å². The van der Waals surface area contributed by atoms with Gasteiger partial charge in [0.25, 0.3) is 0 Å². The van der Waals surface area contributed by atoms with Crippen LogP contribution in [0.15, 0.2) is 18.2 Å². The maximum atomic E-state index is 13.7. The molecular formula is C13H15F4NO. The van der Waals surface area contributed by atoms with E-state index in [-0.39, 0.29) is 11.5 Å². The average Bonchev–Trinajstić information content (AvgIpc) is 2.38. The second-order valence-electron chi connectivity index (χ2n) is 4.71. The lowest BCUT2D eigenvalue weighted by molar-refractivity contribution is -0.137. The van der Waals surface area contributed by atoms with Gasteiger partial charge in [-0.15, -0.1) is 0 Å². The van der Waals surface area contributed by atoms with Crippen LogP contribution in [0.25, 0.3) is 0 Å². The third-order valence-electron chi connectivity index (χ3n) is 3.46. The van der Waals surface area contributed by atoms with E-state index in [1.165, 1.54) is 0 Å². The van der Waals surface area contributed by atoms with E-state index in [0.717, 1.165) is 18.2 Å². The Kier molecular flexibility index (Phi) is 4.10. The number of alkyl halides is 3. The van der Waals surface area contributed by atoms with Crippen LogP contribution in [0, 0.1) is 11.7 Å². The van der Waals surface area contributed by atoms with E-state index >= 15 is 0 Å². The first-order chi connectivity index (χ1) is 8.89. The van der Waals surface area contributed by atoms with Gasteiger partial charge >= 0.3 is 6.18 Å². The summed E-state index contributed by atoms with van der Waals surface area (Å²) in [7, 11) is 0. The third kappa shape index (κ3) is 3.25. The Hall–Kier alpha value is -1.14. The van der Waals surface area contributed by atoms with Gasteiger partial charge in [-0.3, -0.25) is 0 Å². The number of ether oxygens (including phenoxy) is 1. The highest BCUT2D eigenvalue weighted by atomic mass is 19.4. The second kappa shape index (κ2) is 5.46. The summed E-state index contributed by atoms with van der Waals surface area (Å²) in [5.74, 6) is -0.737. The first-order valence-electron chi connectivity index (χ1n) is 6.09. The summed E-state index contributed by atoms with van der Waals surface area (Å²) in [4.78, 5) is 0. The molecule has 1 atom stereocenters. The molecule has 1 aliphatic heterocycles. The molecule has 0 aliphatic carbocycles. The predicted octanol–water partition coefficient (Wildman–Crippen LogP) is 3.27. The largest absolute Gasteiger partial charge is 0.416 e. The molecule has 1 aromatic carbocycles. The van der Waals surface area contributed by atoms with Crippen LogP contribution >= 0.6 is 0 Å². The molecule has 1 aromatic rings. The standard InChI is InChI=1S/C13H15F4NO/c14-11-2-1-9(13(15,16)17)7-10(11)12(18)8-3-5-19-6-4-8/h1-2,7-8,12H,3-6,18H2/t12-/m1/s1. The molecule has 0 spiro atoms. The van der Waals surface area contributed by atoms with E-state index in [1.54, 1.807) is 0 Å². The minimum Gasteiger partial charge on any atom is -0.381 e. The lowest BCUT2D eigenvalue weighted by Crippen LogP contribution is -2.28. The lowest BCUT2D eigenvalue weighted by Gasteiger charge is -2.28. The van der Waals surface area contributed by atoms with E-state index in [2.05, 4.69) is 0 Å². The van der Waals surface area contributed by atoms with Crippen molar-refractivity contribution in [1.82, 2.24) is 0 Å². The highest BCUT2D eigenvalue weighted by Crippen LogP contribution is 2.34. The SMILES string of the molecule is N[C@@H](c1cc(C(F)(F)F)ccc1F)C1CCOCC1. The van der Waals surface area contributed by atoms with Crippen molar-refractivity contribution in [3.63, 3.8) is 0 Å². The molecule has 2 N–H and O–H groups in total. The van der Waals surface area contributed by atoms with Crippen LogP contribution in [-0.4, -0.2) is 13.2 Å². The van der Waals surface area contributed by atoms with Crippen molar-refractivity contribution in [3.05, 3.63) is 35.1 Å². The minimum atomic E-state index is -4.49. The van der Waals surface area contributed by atoms with Gasteiger partial charge in [0.2, 0.25) is 0 Å². The van der Waals surface area contributed by atoms with Crippen molar-refractivity contribution in [1.29, 1.82) is 0 Å². The van der Waals surface area contributed by atoms with Crippen LogP contribution in [-0.2, 0) is 10.9 Å². The summed E-state index contributed by atoms with van der Waals surface area (Å²) >= 11 is 0. The molecular weight excluding hydrogens is 262 g/mol. The lowest BCUT2D eigenvalue weighted by atomic mass is 9.87. The van der Waals surface area contributed by atoms with Gasteiger partial charge in [0.05, 0.1) is 5.56 Å². The van der Waals surface area contributed by atoms with Crippen molar-refractivity contribution in [2.24, 2.45) is 11.7 Å². The summed E-state index contributed by atoms with van der Waals surface area (Å²) in [5.41, 5.74) is 4.98. The van der Waals surface area contributed by atoms with Crippen LogP contribution in [0.2, 0.25) is 0 Å². The Morgan fingerprint density at radius 1 is 1.21 bits per heavy atom. The summed E-state index contributed by atoms with van der Waals surface area (Å²) in [5, 5.41) is 0. The molecule has 0 amide bonds. The Bertz CT molecular complexity index is 441. The normalized spacial score (nSPS) is 19.4. The summed E-state index contributed by atoms with van der Waals surface area (Å²) < 4.78 is 56.7. The van der Waals surface area contributed by atoms with Gasteiger partial charge in [-0.05, 0) is 37.0 Å². The molecule has 0 saturated carbocycles. The van der Waals surface area contributed by atoms with Gasteiger partial charge in [-0.2, -0.15) is 13.2 Å². The highest BCUT2D eigenvalue weighted by molar-refractivity contribution is 5.29. The van der Waals surface area contributed by atoms with Crippen molar-refractivity contribution < 1.29 is 22.3 Å². The number of benzene rings is 1. The fourth-order valence-electron chi connectivity index (χ4n) is 2.30. The zero-order valence-corrected chi connectivity index (χ0v) is 10.2. The predicted molar refractivity (Wildman–Crippen MR) is 61.9 cm³/mol. The number of nitrogens with two attached hydrogens (primary N) is 1. The second-order valence-corrected chi connectivity index (χ2v) is 4.71. The van der Waals surface area contributed by atoms with Gasteiger partial charge in [0, 0.05) is 24.8 Å². The van der Waals surface area contributed by atoms with Gasteiger partial charge in [0.15, 0.2) is 0 Å². The zero-order valence-electron chi connectivity index (χ0n) is 10.2. The molecule has 0 bridgehead atoms. The fourth-order valence-corrected chi connectivity index (χ4v) is 2.30. The van der Waals surface area contributed by atoms with Gasteiger partial charge < -0.3 is 10.5 Å². The number of hydrogen-bond acceptors (Lipinski definition) is 2. The summed E-state index contributed by atoms with van der Waals surface area (Å²) in [6, 6.07) is 1.65. The molecule has 1 aliphatic rings. The van der Waals surface area contributed by atoms with E-state index in [1.807, 2.05) is 0 Å². The Morgan fingerprint density at radius 2 is 1.84 bits per heavy atom. The smallest absolute Gasteiger partial charge is 0.381 e. The van der Waals surface area contributed by atoms with E-state index < -0.39 is 23.6 Å². The first kappa shape index (κ1) is 14.3. The van der Waals surface area contributed by atoms with Gasteiger partial charge in [-0.25, -0.2) is 4.39 Å². The number of halogens is 4. The molecule has 19 heavy (non-hydrogen) atoms. The van der Waals surface area contributed by atoms with Crippen LogP contribution < -0.4 is 5.73 Å². The molecule has 0 unspecified atom stereocenters. The molecule has 1 fully saturated rings. The molecule has 2 rings (SSSR count). The first-order valence-corrected chi connectivity index (χ1v) is 6.09. The quantitative estimate of drug-likeness (QED) is 0.842. The van der Waals surface area contributed by atoms with E-state index in [0.29, 0.717) is 26.1 Å². The Balaban J connectivity index is 2.27. The zero-order chi connectivity index (χ0) is 14.0. The Labute approximate surface area is 108 Å². The Morgan fingerprint density at radius 3 is 2.42 bits per heavy atom. The molecule has 106 valence electrons. The van der Waals surface area contributed by atoms with Crippen molar-refractivity contribution >= 4 is 0 Å². The fraction of sp³-hybridized carbons (Fsp3) is 0.538. The van der Waals surface area contributed by atoms with Gasteiger partial charge in [-0.1, -0.05) is 0 Å². The average molecular weight is 277 g/mol. The highest BCUT2D eigenvalue weighted by Gasteiger charge is 2.33. The molecule has 0 radical (unpaired) electrons. The molecule has 1 saturated heterocycles. The van der Waals surface area contributed by atoms with Crippen molar-refractivity contribution in [2.45, 2.75) is 25.1 Å². The van der Waals surface area contributed by atoms with Crippen molar-refractivity contribution in [2.75, 3.05) is 13.2 Å². The van der Waals surface area contributed by atoms with Gasteiger partial charge in [0.1, 0.15) is 5.82 Å².